The third kappa shape index (κ3) is 8.15. The van der Waals surface area contributed by atoms with E-state index in [0.717, 1.165) is 0 Å². The first-order chi connectivity index (χ1) is 16.4. The van der Waals surface area contributed by atoms with Crippen molar-refractivity contribution in [3.05, 3.63) is 0 Å². The molecule has 2 saturated heterocycles. The molecule has 14 N–H and O–H groups in total. The minimum Gasteiger partial charge on any atom is -0.394 e. The molecule has 0 saturated carbocycles. The predicted octanol–water partition coefficient (Wildman–Crippen LogP) is -8.98. The fourth-order valence-corrected chi connectivity index (χ4v) is 3.24. The maximum atomic E-state index is 9.94. The van der Waals surface area contributed by atoms with Gasteiger partial charge in [0.1, 0.15) is 73.2 Å². The van der Waals surface area contributed by atoms with Crippen molar-refractivity contribution in [3.63, 3.8) is 0 Å². The van der Waals surface area contributed by atoms with Gasteiger partial charge < -0.3 is 85.7 Å². The second kappa shape index (κ2) is 14.9. The van der Waals surface area contributed by atoms with E-state index in [9.17, 15) is 35.7 Å². The summed E-state index contributed by atoms with van der Waals surface area (Å²) in [6, 6.07) is 0. The lowest BCUT2D eigenvalue weighted by Gasteiger charge is -2.45. The van der Waals surface area contributed by atoms with Crippen LogP contribution in [0.5, 0.6) is 0 Å². The highest BCUT2D eigenvalue weighted by Gasteiger charge is 2.50. The van der Waals surface area contributed by atoms with Gasteiger partial charge in [-0.1, -0.05) is 0 Å². The van der Waals surface area contributed by atoms with E-state index in [-0.39, 0.29) is 0 Å². The first kappa shape index (κ1) is 32.3. The molecule has 17 heteroatoms. The summed E-state index contributed by atoms with van der Waals surface area (Å²) in [5.74, 6) is 0. The maximum absolute atomic E-state index is 9.94. The summed E-state index contributed by atoms with van der Waals surface area (Å²) in [5, 5.41) is 129. The molecule has 0 aromatic carbocycles. The van der Waals surface area contributed by atoms with E-state index in [4.69, 9.17) is 50.0 Å². The van der Waals surface area contributed by atoms with Crippen molar-refractivity contribution < 1.29 is 85.7 Å². The van der Waals surface area contributed by atoms with Crippen LogP contribution in [0.2, 0.25) is 0 Å². The van der Waals surface area contributed by atoms with E-state index in [2.05, 4.69) is 0 Å². The van der Waals surface area contributed by atoms with Crippen molar-refractivity contribution in [1.29, 1.82) is 0 Å². The van der Waals surface area contributed by atoms with Crippen LogP contribution in [0.1, 0.15) is 0 Å². The van der Waals surface area contributed by atoms with Gasteiger partial charge in [-0.2, -0.15) is 0 Å². The lowest BCUT2D eigenvalue weighted by atomic mass is 9.97. The van der Waals surface area contributed by atoms with Crippen LogP contribution in [0, 0.1) is 0 Å². The lowest BCUT2D eigenvalue weighted by Crippen LogP contribution is -2.64. The van der Waals surface area contributed by atoms with Crippen molar-refractivity contribution in [2.75, 3.05) is 26.4 Å². The Morgan fingerprint density at radius 2 is 1.06 bits per heavy atom. The molecule has 2 aliphatic rings. The SMILES string of the molecule is OC[C@@H](O)[C@@H](O)[C@H](O)[C@@H](O)CO.OC[C@H]1O[C@@H](O[C@H]2[C@H](O)[C@@H](O)C(O)O[C@@H]2CO)[C@H](O)[C@@H](O)[C@H]1O. The number of hydrogen-bond donors (Lipinski definition) is 14. The number of hydrogen-bond acceptors (Lipinski definition) is 17. The molecule has 2 rings (SSSR count). The monoisotopic (exact) mass is 524 g/mol. The quantitative estimate of drug-likeness (QED) is 0.133. The van der Waals surface area contributed by atoms with Gasteiger partial charge in [0.25, 0.3) is 0 Å². The molecule has 2 heterocycles. The Morgan fingerprint density at radius 1 is 0.571 bits per heavy atom. The maximum Gasteiger partial charge on any atom is 0.187 e. The van der Waals surface area contributed by atoms with Gasteiger partial charge in [0.05, 0.1) is 26.4 Å². The molecule has 2 fully saturated rings. The molecule has 2 aliphatic heterocycles. The van der Waals surface area contributed by atoms with Crippen molar-refractivity contribution in [1.82, 2.24) is 0 Å². The molecule has 0 aromatic heterocycles. The Labute approximate surface area is 198 Å². The molecule has 210 valence electrons. The fraction of sp³-hybridized carbons (Fsp3) is 1.00. The summed E-state index contributed by atoms with van der Waals surface area (Å²) in [6.45, 7) is -2.80. The van der Waals surface area contributed by atoms with Crippen LogP contribution in [0.3, 0.4) is 0 Å². The fourth-order valence-electron chi connectivity index (χ4n) is 3.24. The molecule has 0 aliphatic carbocycles. The molecule has 17 nitrogen and oxygen atoms in total. The normalized spacial score (nSPS) is 41.3. The Kier molecular flexibility index (Phi) is 13.8. The molecule has 14 atom stereocenters. The van der Waals surface area contributed by atoms with Crippen LogP contribution >= 0.6 is 0 Å². The van der Waals surface area contributed by atoms with Gasteiger partial charge in [0.15, 0.2) is 12.6 Å². The summed E-state index contributed by atoms with van der Waals surface area (Å²) in [4.78, 5) is 0. The van der Waals surface area contributed by atoms with Gasteiger partial charge >= 0.3 is 0 Å². The summed E-state index contributed by atoms with van der Waals surface area (Å²) >= 11 is 0. The summed E-state index contributed by atoms with van der Waals surface area (Å²) in [6.07, 6.45) is -22.0. The van der Waals surface area contributed by atoms with Gasteiger partial charge in [-0.15, -0.1) is 0 Å². The highest BCUT2D eigenvalue weighted by Crippen LogP contribution is 2.28. The molecule has 0 amide bonds. The molecule has 0 aromatic rings. The second-order valence-corrected chi connectivity index (χ2v) is 8.01. The molecule has 0 spiro atoms. The smallest absolute Gasteiger partial charge is 0.187 e. The molecular weight excluding hydrogens is 488 g/mol. The van der Waals surface area contributed by atoms with Crippen molar-refractivity contribution >= 4 is 0 Å². The van der Waals surface area contributed by atoms with Crippen LogP contribution in [0.25, 0.3) is 0 Å². The highest BCUT2D eigenvalue weighted by atomic mass is 16.7. The van der Waals surface area contributed by atoms with Crippen molar-refractivity contribution in [2.24, 2.45) is 0 Å². The number of ether oxygens (including phenoxy) is 3. The summed E-state index contributed by atoms with van der Waals surface area (Å²) < 4.78 is 15.3. The average molecular weight is 524 g/mol. The number of rotatable bonds is 9. The zero-order valence-corrected chi connectivity index (χ0v) is 18.4. The van der Waals surface area contributed by atoms with E-state index in [0.29, 0.717) is 0 Å². The minimum absolute atomic E-state index is 0.667. The first-order valence-electron chi connectivity index (χ1n) is 10.6. The summed E-state index contributed by atoms with van der Waals surface area (Å²) in [5.41, 5.74) is 0. The molecule has 0 bridgehead atoms. The molecule has 0 radical (unpaired) electrons. The molecular formula is C18H36O17. The Bertz CT molecular complexity index is 567. The van der Waals surface area contributed by atoms with Crippen molar-refractivity contribution in [2.45, 2.75) is 85.8 Å². The standard InChI is InChI=1S/C12H22O11.C6H14O6/c13-1-3-5(15)6(16)9(19)12(22-3)23-10-4(2-14)21-11(20)8(18)7(10)17;7-1-3(9)5(11)6(12)4(10)2-8/h3-20H,1-2H2;3-12H,1-2H2/t3-,4-,5+,6+,7-,8-,9-,10-,11?,12+;3-,4+,5-,6-/m11/s1. The van der Waals surface area contributed by atoms with E-state index in [1.165, 1.54) is 0 Å². The van der Waals surface area contributed by atoms with Crippen molar-refractivity contribution in [3.8, 4) is 0 Å². The van der Waals surface area contributed by atoms with E-state index >= 15 is 0 Å². The average Bonchev–Trinajstić information content (AvgIpc) is 2.87. The molecule has 1 unspecified atom stereocenters. The highest BCUT2D eigenvalue weighted by molar-refractivity contribution is 4.93. The Balaban J connectivity index is 0.000000434. The third-order valence-electron chi connectivity index (χ3n) is 5.49. The van der Waals surface area contributed by atoms with Gasteiger partial charge in [-0.25, -0.2) is 0 Å². The zero-order valence-electron chi connectivity index (χ0n) is 18.4. The zero-order chi connectivity index (χ0) is 27.0. The van der Waals surface area contributed by atoms with Gasteiger partial charge in [-0.05, 0) is 0 Å². The van der Waals surface area contributed by atoms with E-state index in [1.54, 1.807) is 0 Å². The third-order valence-corrected chi connectivity index (χ3v) is 5.49. The van der Waals surface area contributed by atoms with Crippen LogP contribution in [-0.4, -0.2) is 184 Å². The Hall–Kier alpha value is -0.680. The molecule has 35 heavy (non-hydrogen) atoms. The largest absolute Gasteiger partial charge is 0.394 e. The van der Waals surface area contributed by atoms with E-state index < -0.39 is 112 Å². The Morgan fingerprint density at radius 3 is 1.49 bits per heavy atom. The second-order valence-electron chi connectivity index (χ2n) is 8.01. The van der Waals surface area contributed by atoms with E-state index in [1.807, 2.05) is 0 Å². The van der Waals surface area contributed by atoms with Gasteiger partial charge in [0, 0.05) is 0 Å². The minimum atomic E-state index is -1.74. The summed E-state index contributed by atoms with van der Waals surface area (Å²) in [7, 11) is 0. The van der Waals surface area contributed by atoms with Gasteiger partial charge in [-0.3, -0.25) is 0 Å². The van der Waals surface area contributed by atoms with Crippen LogP contribution in [0.4, 0.5) is 0 Å². The first-order valence-corrected chi connectivity index (χ1v) is 10.6. The topological polar surface area (TPSA) is 311 Å². The van der Waals surface area contributed by atoms with Crippen LogP contribution in [0.15, 0.2) is 0 Å². The lowest BCUT2D eigenvalue weighted by molar-refractivity contribution is -0.355. The van der Waals surface area contributed by atoms with Gasteiger partial charge in [0.2, 0.25) is 0 Å². The van der Waals surface area contributed by atoms with Crippen LogP contribution in [-0.2, 0) is 14.2 Å². The number of aliphatic hydroxyl groups excluding tert-OH is 14. The predicted molar refractivity (Wildman–Crippen MR) is 107 cm³/mol. The number of aliphatic hydroxyl groups is 14. The van der Waals surface area contributed by atoms with Crippen LogP contribution < -0.4 is 0 Å².